The summed E-state index contributed by atoms with van der Waals surface area (Å²) in [6.07, 6.45) is 2.25. The third kappa shape index (κ3) is 3.90. The first-order valence-electron chi connectivity index (χ1n) is 9.10. The lowest BCUT2D eigenvalue weighted by Crippen LogP contribution is -2.00. The van der Waals surface area contributed by atoms with Gasteiger partial charge in [0.1, 0.15) is 0 Å². The topological polar surface area (TPSA) is 69.6 Å². The second-order valence-electron chi connectivity index (χ2n) is 6.71. The van der Waals surface area contributed by atoms with Crippen molar-refractivity contribution in [2.45, 2.75) is 29.7 Å². The first-order valence-corrected chi connectivity index (χ1v) is 10.8. The molecule has 0 atom stereocenters. The van der Waals surface area contributed by atoms with Gasteiger partial charge in [-0.2, -0.15) is 4.98 Å². The van der Waals surface area contributed by atoms with Crippen LogP contribution in [-0.4, -0.2) is 24.9 Å². The zero-order valence-electron chi connectivity index (χ0n) is 15.1. The number of aromatic nitrogens is 5. The van der Waals surface area contributed by atoms with E-state index < -0.39 is 0 Å². The van der Waals surface area contributed by atoms with E-state index in [0.29, 0.717) is 33.4 Å². The Labute approximate surface area is 181 Å². The monoisotopic (exact) mass is 443 g/mol. The Balaban J connectivity index is 1.50. The van der Waals surface area contributed by atoms with Gasteiger partial charge in [0.25, 0.3) is 0 Å². The van der Waals surface area contributed by atoms with Gasteiger partial charge in [-0.05, 0) is 43.2 Å². The summed E-state index contributed by atoms with van der Waals surface area (Å²) in [5.74, 6) is 3.01. The van der Waals surface area contributed by atoms with Crippen LogP contribution in [0.4, 0.5) is 0 Å². The van der Waals surface area contributed by atoms with Gasteiger partial charge >= 0.3 is 0 Å². The number of rotatable bonds is 6. The van der Waals surface area contributed by atoms with Crippen LogP contribution in [0.25, 0.3) is 17.1 Å². The number of hydrogen-bond acceptors (Lipinski definition) is 6. The van der Waals surface area contributed by atoms with Crippen LogP contribution in [0.2, 0.25) is 10.0 Å². The normalized spacial score (nSPS) is 13.7. The average Bonchev–Trinajstić information content (AvgIpc) is 3.32. The molecule has 0 amide bonds. The highest BCUT2D eigenvalue weighted by Crippen LogP contribution is 2.39. The van der Waals surface area contributed by atoms with Gasteiger partial charge in [-0.3, -0.25) is 4.57 Å². The molecule has 0 bridgehead atoms. The van der Waals surface area contributed by atoms with Crippen LogP contribution in [0.15, 0.2) is 58.2 Å². The molecule has 5 rings (SSSR count). The van der Waals surface area contributed by atoms with Crippen LogP contribution in [0.1, 0.15) is 30.5 Å². The number of nitrogens with zero attached hydrogens (tertiary/aromatic N) is 5. The summed E-state index contributed by atoms with van der Waals surface area (Å²) in [5.41, 5.74) is 1.70. The summed E-state index contributed by atoms with van der Waals surface area (Å²) in [6.45, 7) is 0. The van der Waals surface area contributed by atoms with Gasteiger partial charge in [-0.25, -0.2) is 0 Å². The van der Waals surface area contributed by atoms with Gasteiger partial charge < -0.3 is 4.52 Å². The van der Waals surface area contributed by atoms with Crippen molar-refractivity contribution in [3.8, 4) is 17.1 Å². The van der Waals surface area contributed by atoms with Crippen molar-refractivity contribution in [2.75, 3.05) is 0 Å². The fraction of sp³-hybridized carbons (Fsp3) is 0.200. The molecule has 146 valence electrons. The average molecular weight is 444 g/mol. The summed E-state index contributed by atoms with van der Waals surface area (Å²) in [4.78, 5) is 4.49. The number of hydrogen-bond donors (Lipinski definition) is 0. The van der Waals surface area contributed by atoms with Crippen molar-refractivity contribution >= 4 is 35.0 Å². The summed E-state index contributed by atoms with van der Waals surface area (Å²) in [5, 5.41) is 14.7. The van der Waals surface area contributed by atoms with E-state index >= 15 is 0 Å². The van der Waals surface area contributed by atoms with Crippen molar-refractivity contribution in [3.05, 3.63) is 70.3 Å². The van der Waals surface area contributed by atoms with Crippen molar-refractivity contribution in [1.29, 1.82) is 0 Å². The molecule has 2 aromatic heterocycles. The highest BCUT2D eigenvalue weighted by Gasteiger charge is 2.29. The van der Waals surface area contributed by atoms with Gasteiger partial charge in [0, 0.05) is 22.2 Å². The number of halogens is 2. The quantitative estimate of drug-likeness (QED) is 0.351. The van der Waals surface area contributed by atoms with Gasteiger partial charge in [-0.15, -0.1) is 10.2 Å². The van der Waals surface area contributed by atoms with Crippen molar-refractivity contribution in [3.63, 3.8) is 0 Å². The second kappa shape index (κ2) is 7.82. The molecule has 0 saturated heterocycles. The van der Waals surface area contributed by atoms with Gasteiger partial charge in [0.15, 0.2) is 16.8 Å². The van der Waals surface area contributed by atoms with Gasteiger partial charge in [0.2, 0.25) is 5.89 Å². The maximum absolute atomic E-state index is 6.44. The van der Waals surface area contributed by atoms with Gasteiger partial charge in [0.05, 0.1) is 10.8 Å². The molecule has 0 N–H and O–H groups in total. The zero-order valence-corrected chi connectivity index (χ0v) is 17.5. The lowest BCUT2D eigenvalue weighted by molar-refractivity contribution is 0.375. The Morgan fingerprint density at radius 1 is 1.07 bits per heavy atom. The summed E-state index contributed by atoms with van der Waals surface area (Å²) in [6, 6.07) is 15.3. The molecule has 0 radical (unpaired) electrons. The Bertz CT molecular complexity index is 1160. The maximum Gasteiger partial charge on any atom is 0.229 e. The van der Waals surface area contributed by atoms with Crippen LogP contribution in [0.3, 0.4) is 0 Å². The molecule has 1 saturated carbocycles. The zero-order chi connectivity index (χ0) is 19.8. The fourth-order valence-electron chi connectivity index (χ4n) is 2.97. The molecular formula is C20H15Cl2N5OS. The third-order valence-corrected chi connectivity index (χ3v) is 6.03. The van der Waals surface area contributed by atoms with Crippen LogP contribution in [-0.2, 0) is 5.75 Å². The lowest BCUT2D eigenvalue weighted by Gasteiger charge is -2.11. The van der Waals surface area contributed by atoms with Crippen molar-refractivity contribution in [2.24, 2.45) is 0 Å². The molecule has 29 heavy (non-hydrogen) atoms. The minimum absolute atomic E-state index is 0.438. The van der Waals surface area contributed by atoms with E-state index in [2.05, 4.69) is 20.3 Å². The van der Waals surface area contributed by atoms with Crippen molar-refractivity contribution in [1.82, 2.24) is 24.9 Å². The van der Waals surface area contributed by atoms with Crippen LogP contribution < -0.4 is 0 Å². The molecule has 0 spiro atoms. The third-order valence-electron chi connectivity index (χ3n) is 4.56. The maximum atomic E-state index is 6.44. The molecule has 2 heterocycles. The molecule has 1 fully saturated rings. The number of thioether (sulfide) groups is 1. The number of benzene rings is 2. The van der Waals surface area contributed by atoms with E-state index in [4.69, 9.17) is 27.7 Å². The Morgan fingerprint density at radius 3 is 2.66 bits per heavy atom. The Hall–Kier alpha value is -2.35. The summed E-state index contributed by atoms with van der Waals surface area (Å²) in [7, 11) is 0. The second-order valence-corrected chi connectivity index (χ2v) is 8.50. The fourth-order valence-corrected chi connectivity index (χ4v) is 4.26. The SMILES string of the molecule is Clc1ccc(-c2nnc(SCc3noc(C4CC4)n3)n2-c2ccccc2)c(Cl)c1. The predicted molar refractivity (Wildman–Crippen MR) is 113 cm³/mol. The van der Waals surface area contributed by atoms with E-state index in [1.165, 1.54) is 11.8 Å². The minimum atomic E-state index is 0.438. The molecule has 9 heteroatoms. The predicted octanol–water partition coefficient (Wildman–Crippen LogP) is 5.79. The standard InChI is InChI=1S/C20H15Cl2N5OS/c21-13-8-9-15(16(22)10-13)18-24-25-20(27(18)14-4-2-1-3-5-14)29-11-17-23-19(28-26-17)12-6-7-12/h1-5,8-10,12H,6-7,11H2. The van der Waals surface area contributed by atoms with Crippen molar-refractivity contribution < 1.29 is 4.52 Å². The number of para-hydroxylation sites is 1. The van der Waals surface area contributed by atoms with E-state index in [1.807, 2.05) is 41.0 Å². The summed E-state index contributed by atoms with van der Waals surface area (Å²) < 4.78 is 7.32. The van der Waals surface area contributed by atoms with Crippen LogP contribution >= 0.6 is 35.0 Å². The highest BCUT2D eigenvalue weighted by molar-refractivity contribution is 7.98. The van der Waals surface area contributed by atoms with Gasteiger partial charge in [-0.1, -0.05) is 58.3 Å². The van der Waals surface area contributed by atoms with Crippen LogP contribution in [0.5, 0.6) is 0 Å². The van der Waals surface area contributed by atoms with E-state index in [1.54, 1.807) is 12.1 Å². The minimum Gasteiger partial charge on any atom is -0.339 e. The molecule has 0 unspecified atom stereocenters. The smallest absolute Gasteiger partial charge is 0.229 e. The van der Waals surface area contributed by atoms with Crippen LogP contribution in [0, 0.1) is 0 Å². The molecule has 1 aliphatic rings. The highest BCUT2D eigenvalue weighted by atomic mass is 35.5. The first kappa shape index (κ1) is 18.7. The Morgan fingerprint density at radius 2 is 1.90 bits per heavy atom. The molecule has 1 aliphatic carbocycles. The lowest BCUT2D eigenvalue weighted by atomic mass is 10.2. The molecule has 4 aromatic rings. The first-order chi connectivity index (χ1) is 14.2. The Kier molecular flexibility index (Phi) is 5.03. The molecule has 6 nitrogen and oxygen atoms in total. The van der Waals surface area contributed by atoms with E-state index in [-0.39, 0.29) is 0 Å². The molecular weight excluding hydrogens is 429 g/mol. The molecule has 0 aliphatic heterocycles. The summed E-state index contributed by atoms with van der Waals surface area (Å²) >= 11 is 14.0. The van der Waals surface area contributed by atoms with E-state index in [9.17, 15) is 0 Å². The largest absolute Gasteiger partial charge is 0.339 e. The molecule has 2 aromatic carbocycles. The van der Waals surface area contributed by atoms with E-state index in [0.717, 1.165) is 35.1 Å².